The maximum Gasteiger partial charge on any atom is 0.276 e. The molecule has 1 aromatic carbocycles. The molecule has 0 atom stereocenters. The summed E-state index contributed by atoms with van der Waals surface area (Å²) < 4.78 is 0. The summed E-state index contributed by atoms with van der Waals surface area (Å²) in [6.45, 7) is 2.41. The number of nitrogens with two attached hydrogens (primary N) is 1. The molecule has 0 saturated carbocycles. The van der Waals surface area contributed by atoms with Crippen molar-refractivity contribution < 1.29 is 4.79 Å². The van der Waals surface area contributed by atoms with E-state index in [4.69, 9.17) is 11.0 Å². The molecule has 2 N–H and O–H groups in total. The second-order valence-electron chi connectivity index (χ2n) is 4.18. The molecule has 0 aliphatic carbocycles. The molecule has 0 aliphatic rings. The molecule has 0 aliphatic heterocycles. The van der Waals surface area contributed by atoms with Crippen LogP contribution < -0.4 is 10.6 Å². The zero-order valence-electron chi connectivity index (χ0n) is 11.1. The zero-order valence-corrected chi connectivity index (χ0v) is 11.1. The lowest BCUT2D eigenvalue weighted by atomic mass is 10.2. The maximum absolute atomic E-state index is 12.4. The molecule has 20 heavy (non-hydrogen) atoms. The monoisotopic (exact) mass is 266 g/mol. The predicted octanol–water partition coefficient (Wildman–Crippen LogP) is 2.20. The lowest BCUT2D eigenvalue weighted by molar-refractivity contribution is 0.0983. The number of carbonyl (C=O) groups is 1. The smallest absolute Gasteiger partial charge is 0.276 e. The number of benzene rings is 1. The van der Waals surface area contributed by atoms with Gasteiger partial charge >= 0.3 is 0 Å². The normalized spacial score (nSPS) is 9.80. The number of aromatic nitrogens is 1. The van der Waals surface area contributed by atoms with E-state index < -0.39 is 0 Å². The average molecular weight is 266 g/mol. The number of nitrogen functional groups attached to an aromatic ring is 1. The third-order valence-electron chi connectivity index (χ3n) is 2.88. The Hall–Kier alpha value is -2.87. The summed E-state index contributed by atoms with van der Waals surface area (Å²) in [5.41, 5.74) is 7.79. The second kappa shape index (κ2) is 5.85. The number of nitrogens with zero attached hydrogens (tertiary/aromatic N) is 3. The minimum atomic E-state index is -0.207. The highest BCUT2D eigenvalue weighted by atomic mass is 16.2. The molecule has 0 bridgehead atoms. The molecule has 0 saturated heterocycles. The zero-order chi connectivity index (χ0) is 14.5. The van der Waals surface area contributed by atoms with E-state index in [1.54, 1.807) is 41.3 Å². The Morgan fingerprint density at radius 3 is 2.50 bits per heavy atom. The quantitative estimate of drug-likeness (QED) is 0.863. The van der Waals surface area contributed by atoms with Crippen molar-refractivity contribution in [2.75, 3.05) is 17.2 Å². The topological polar surface area (TPSA) is 83.0 Å². The molecule has 100 valence electrons. The fourth-order valence-electron chi connectivity index (χ4n) is 1.82. The summed E-state index contributed by atoms with van der Waals surface area (Å²) in [5, 5.41) is 8.73. The van der Waals surface area contributed by atoms with E-state index in [2.05, 4.69) is 4.98 Å². The van der Waals surface area contributed by atoms with E-state index in [1.807, 2.05) is 13.0 Å². The van der Waals surface area contributed by atoms with E-state index in [9.17, 15) is 4.79 Å². The first-order chi connectivity index (χ1) is 9.65. The van der Waals surface area contributed by atoms with E-state index in [-0.39, 0.29) is 5.91 Å². The molecule has 2 aromatic rings. The Morgan fingerprint density at radius 2 is 2.00 bits per heavy atom. The largest absolute Gasteiger partial charge is 0.399 e. The highest BCUT2D eigenvalue weighted by Gasteiger charge is 2.17. The van der Waals surface area contributed by atoms with Crippen LogP contribution in [0.2, 0.25) is 0 Å². The molecule has 5 heteroatoms. The van der Waals surface area contributed by atoms with Gasteiger partial charge in [0, 0.05) is 24.1 Å². The van der Waals surface area contributed by atoms with Crippen LogP contribution in [-0.4, -0.2) is 17.4 Å². The minimum absolute atomic E-state index is 0.207. The van der Waals surface area contributed by atoms with E-state index in [1.165, 1.54) is 6.20 Å². The molecule has 0 spiro atoms. The van der Waals surface area contributed by atoms with Crippen molar-refractivity contribution in [2.24, 2.45) is 0 Å². The van der Waals surface area contributed by atoms with Gasteiger partial charge in [-0.1, -0.05) is 0 Å². The summed E-state index contributed by atoms with van der Waals surface area (Å²) in [6.07, 6.45) is 1.39. The molecule has 1 heterocycles. The summed E-state index contributed by atoms with van der Waals surface area (Å²) in [4.78, 5) is 18.0. The van der Waals surface area contributed by atoms with Gasteiger partial charge < -0.3 is 10.6 Å². The summed E-state index contributed by atoms with van der Waals surface area (Å²) in [5.74, 6) is -0.207. The lowest BCUT2D eigenvalue weighted by Gasteiger charge is -2.20. The summed E-state index contributed by atoms with van der Waals surface area (Å²) >= 11 is 0. The lowest BCUT2D eigenvalue weighted by Crippen LogP contribution is -2.31. The minimum Gasteiger partial charge on any atom is -0.399 e. The average Bonchev–Trinajstić information content (AvgIpc) is 2.50. The van der Waals surface area contributed by atoms with Gasteiger partial charge in [0.25, 0.3) is 5.91 Å². The van der Waals surface area contributed by atoms with Crippen molar-refractivity contribution in [3.05, 3.63) is 53.9 Å². The fourth-order valence-corrected chi connectivity index (χ4v) is 1.82. The van der Waals surface area contributed by atoms with E-state index >= 15 is 0 Å². The van der Waals surface area contributed by atoms with Crippen LogP contribution >= 0.6 is 0 Å². The molecule has 5 nitrogen and oxygen atoms in total. The molecular formula is C15H14N4O. The van der Waals surface area contributed by atoms with Crippen LogP contribution in [0.3, 0.4) is 0 Å². The highest BCUT2D eigenvalue weighted by Crippen LogP contribution is 2.18. The van der Waals surface area contributed by atoms with Crippen molar-refractivity contribution in [2.45, 2.75) is 6.92 Å². The fraction of sp³-hybridized carbons (Fsp3) is 0.133. The predicted molar refractivity (Wildman–Crippen MR) is 77.2 cm³/mol. The number of rotatable bonds is 3. The number of anilines is 2. The number of carbonyl (C=O) groups excluding carboxylic acids is 1. The molecule has 2 rings (SSSR count). The number of amides is 1. The third kappa shape index (κ3) is 2.75. The van der Waals surface area contributed by atoms with E-state index in [0.717, 1.165) is 5.69 Å². The Morgan fingerprint density at radius 1 is 1.30 bits per heavy atom. The van der Waals surface area contributed by atoms with Crippen LogP contribution in [0.25, 0.3) is 0 Å². The second-order valence-corrected chi connectivity index (χ2v) is 4.18. The van der Waals surface area contributed by atoms with Gasteiger partial charge in [0.2, 0.25) is 0 Å². The van der Waals surface area contributed by atoms with Crippen LogP contribution in [0.4, 0.5) is 11.4 Å². The molecule has 1 amide bonds. The Kier molecular flexibility index (Phi) is 3.96. The standard InChI is InChI=1S/C15H14N4O/c1-2-19(13-6-4-12(17)5-7-13)15(20)14-8-3-11(9-16)10-18-14/h3-8,10H,2,17H2,1H3. The van der Waals surface area contributed by atoms with Crippen LogP contribution in [0.5, 0.6) is 0 Å². The van der Waals surface area contributed by atoms with Gasteiger partial charge in [-0.3, -0.25) is 4.79 Å². The first-order valence-corrected chi connectivity index (χ1v) is 6.19. The van der Waals surface area contributed by atoms with Gasteiger partial charge in [-0.15, -0.1) is 0 Å². The molecule has 0 radical (unpaired) electrons. The number of hydrogen-bond acceptors (Lipinski definition) is 4. The van der Waals surface area contributed by atoms with Crippen LogP contribution in [0, 0.1) is 11.3 Å². The van der Waals surface area contributed by atoms with Crippen molar-refractivity contribution in [3.8, 4) is 6.07 Å². The number of hydrogen-bond donors (Lipinski definition) is 1. The van der Waals surface area contributed by atoms with Gasteiger partial charge in [-0.2, -0.15) is 5.26 Å². The van der Waals surface area contributed by atoms with Gasteiger partial charge in [0.15, 0.2) is 0 Å². The van der Waals surface area contributed by atoms with Gasteiger partial charge in [0.1, 0.15) is 11.8 Å². The van der Waals surface area contributed by atoms with Crippen molar-refractivity contribution in [3.63, 3.8) is 0 Å². The van der Waals surface area contributed by atoms with E-state index in [0.29, 0.717) is 23.5 Å². The Labute approximate surface area is 117 Å². The summed E-state index contributed by atoms with van der Waals surface area (Å²) in [7, 11) is 0. The number of pyridine rings is 1. The molecule has 0 fully saturated rings. The van der Waals surface area contributed by atoms with Crippen LogP contribution in [-0.2, 0) is 0 Å². The SMILES string of the molecule is CCN(C(=O)c1ccc(C#N)cn1)c1ccc(N)cc1. The van der Waals surface area contributed by atoms with Crippen molar-refractivity contribution in [1.82, 2.24) is 4.98 Å². The first kappa shape index (κ1) is 13.6. The van der Waals surface area contributed by atoms with Crippen molar-refractivity contribution in [1.29, 1.82) is 5.26 Å². The van der Waals surface area contributed by atoms with Crippen molar-refractivity contribution >= 4 is 17.3 Å². The van der Waals surface area contributed by atoms with Gasteiger partial charge in [0.05, 0.1) is 5.56 Å². The number of nitriles is 1. The highest BCUT2D eigenvalue weighted by molar-refractivity contribution is 6.04. The molecular weight excluding hydrogens is 252 g/mol. The van der Waals surface area contributed by atoms with Gasteiger partial charge in [-0.05, 0) is 43.3 Å². The van der Waals surface area contributed by atoms with Crippen LogP contribution in [0.15, 0.2) is 42.6 Å². The Balaban J connectivity index is 2.28. The maximum atomic E-state index is 12.4. The Bertz CT molecular complexity index is 641. The summed E-state index contributed by atoms with van der Waals surface area (Å²) in [6, 6.07) is 12.2. The third-order valence-corrected chi connectivity index (χ3v) is 2.88. The molecule has 0 unspecified atom stereocenters. The van der Waals surface area contributed by atoms with Gasteiger partial charge in [-0.25, -0.2) is 4.98 Å². The van der Waals surface area contributed by atoms with Crippen LogP contribution in [0.1, 0.15) is 23.0 Å². The molecule has 1 aromatic heterocycles. The first-order valence-electron chi connectivity index (χ1n) is 6.19.